The quantitative estimate of drug-likeness (QED) is 0.386. The molecule has 178 valence electrons. The smallest absolute Gasteiger partial charge is 0.293 e. The average Bonchev–Trinajstić information content (AvgIpc) is 3.17. The fraction of sp³-hybridized carbons (Fsp3) is 0.200. The maximum atomic E-state index is 13.4. The number of hydrogen-bond acceptors (Lipinski definition) is 4. The number of hydrogen-bond donors (Lipinski definition) is 0. The number of imidazole rings is 1. The van der Waals surface area contributed by atoms with Crippen LogP contribution in [0.2, 0.25) is 0 Å². The van der Waals surface area contributed by atoms with E-state index in [0.29, 0.717) is 6.54 Å². The average molecular weight is 474 g/mol. The van der Waals surface area contributed by atoms with Crippen LogP contribution in [0, 0.1) is 11.3 Å². The third-order valence-corrected chi connectivity index (χ3v) is 6.64. The number of allylic oxidation sites excluding steroid dienone is 5. The van der Waals surface area contributed by atoms with E-state index >= 15 is 0 Å². The number of benzene rings is 2. The maximum absolute atomic E-state index is 13.4. The number of aryl methyl sites for hydroxylation is 1. The summed E-state index contributed by atoms with van der Waals surface area (Å²) in [6.45, 7) is 4.39. The van der Waals surface area contributed by atoms with Gasteiger partial charge in [0.2, 0.25) is 0 Å². The first-order chi connectivity index (χ1) is 17.4. The molecule has 0 bridgehead atoms. The minimum atomic E-state index is -0.608. The Labute approximate surface area is 209 Å². The van der Waals surface area contributed by atoms with Crippen molar-refractivity contribution < 1.29 is 0 Å². The van der Waals surface area contributed by atoms with Gasteiger partial charge >= 0.3 is 5.69 Å². The first kappa shape index (κ1) is 23.3. The van der Waals surface area contributed by atoms with E-state index in [1.165, 1.54) is 0 Å². The molecule has 1 aliphatic heterocycles. The molecule has 4 aromatic rings. The van der Waals surface area contributed by atoms with Crippen molar-refractivity contribution in [3.05, 3.63) is 101 Å². The van der Waals surface area contributed by atoms with Crippen molar-refractivity contribution in [3.63, 3.8) is 0 Å². The van der Waals surface area contributed by atoms with E-state index in [0.717, 1.165) is 50.7 Å². The van der Waals surface area contributed by atoms with Crippen molar-refractivity contribution in [1.82, 2.24) is 14.1 Å². The lowest BCUT2D eigenvalue weighted by Gasteiger charge is -2.16. The second-order valence-electron chi connectivity index (χ2n) is 9.43. The second kappa shape index (κ2) is 9.27. The first-order valence-corrected chi connectivity index (χ1v) is 11.9. The molecule has 36 heavy (non-hydrogen) atoms. The highest BCUT2D eigenvalue weighted by Gasteiger charge is 2.21. The summed E-state index contributed by atoms with van der Waals surface area (Å²) in [7, 11) is 1.77. The summed E-state index contributed by atoms with van der Waals surface area (Å²) in [4.78, 5) is 22.6. The summed E-state index contributed by atoms with van der Waals surface area (Å²) in [5, 5.41) is 10.4. The van der Waals surface area contributed by atoms with Crippen LogP contribution in [0.3, 0.4) is 0 Å². The van der Waals surface area contributed by atoms with Crippen molar-refractivity contribution in [1.29, 1.82) is 5.26 Å². The standard InChI is InChI=1S/C30H27N5O/c1-30(2,20-31)23-11-13-24(14-12-23)35-28-25-17-21(22-9-7-5-4-6-8-16-32-18-22)10-15-26(25)33-19-27(28)34(3)29(35)36/h4-6,8-15,17-19H,7,16H2,1-3H3. The monoisotopic (exact) mass is 473 g/mol. The van der Waals surface area contributed by atoms with Crippen molar-refractivity contribution in [2.75, 3.05) is 6.54 Å². The van der Waals surface area contributed by atoms with E-state index in [4.69, 9.17) is 0 Å². The predicted octanol–water partition coefficient (Wildman–Crippen LogP) is 5.65. The topological polar surface area (TPSA) is 76.0 Å². The van der Waals surface area contributed by atoms with Gasteiger partial charge in [-0.15, -0.1) is 0 Å². The number of nitriles is 1. The van der Waals surface area contributed by atoms with Gasteiger partial charge in [-0.3, -0.25) is 19.1 Å². The lowest BCUT2D eigenvalue weighted by Crippen LogP contribution is -2.21. The molecule has 0 spiro atoms. The van der Waals surface area contributed by atoms with Gasteiger partial charge in [0.25, 0.3) is 0 Å². The Balaban J connectivity index is 1.72. The van der Waals surface area contributed by atoms with Gasteiger partial charge in [-0.2, -0.15) is 5.26 Å². The molecule has 2 aromatic heterocycles. The van der Waals surface area contributed by atoms with E-state index in [9.17, 15) is 10.1 Å². The Morgan fingerprint density at radius 3 is 2.61 bits per heavy atom. The van der Waals surface area contributed by atoms with E-state index in [-0.39, 0.29) is 5.69 Å². The lowest BCUT2D eigenvalue weighted by atomic mass is 9.86. The highest BCUT2D eigenvalue weighted by molar-refractivity contribution is 6.12. The van der Waals surface area contributed by atoms with Gasteiger partial charge in [0.15, 0.2) is 0 Å². The molecule has 0 unspecified atom stereocenters. The largest absolute Gasteiger partial charge is 0.333 e. The molecule has 0 aliphatic carbocycles. The minimum absolute atomic E-state index is 0.145. The summed E-state index contributed by atoms with van der Waals surface area (Å²) in [6, 6.07) is 16.1. The summed E-state index contributed by atoms with van der Waals surface area (Å²) in [5.74, 6) is 0. The third kappa shape index (κ3) is 4.09. The summed E-state index contributed by atoms with van der Waals surface area (Å²) in [5.41, 5.74) is 5.33. The van der Waals surface area contributed by atoms with Crippen LogP contribution in [0.1, 0.15) is 31.4 Å². The van der Waals surface area contributed by atoms with Crippen LogP contribution in [0.4, 0.5) is 0 Å². The fourth-order valence-corrected chi connectivity index (χ4v) is 4.46. The van der Waals surface area contributed by atoms with Gasteiger partial charge in [0, 0.05) is 18.6 Å². The highest BCUT2D eigenvalue weighted by atomic mass is 16.1. The molecule has 1 aliphatic rings. The molecule has 0 fully saturated rings. The van der Waals surface area contributed by atoms with Gasteiger partial charge in [-0.1, -0.05) is 48.6 Å². The second-order valence-corrected chi connectivity index (χ2v) is 9.43. The van der Waals surface area contributed by atoms with Gasteiger partial charge in [-0.05, 0) is 61.2 Å². The molecule has 0 atom stereocenters. The lowest BCUT2D eigenvalue weighted by molar-refractivity contribution is 0.686. The van der Waals surface area contributed by atoms with Crippen LogP contribution in [0.25, 0.3) is 33.2 Å². The zero-order valence-electron chi connectivity index (χ0n) is 20.6. The molecule has 2 aromatic carbocycles. The SMILES string of the molecule is Cn1c(=O)n(-c2ccc(C(C)(C)C#N)cc2)c2c3cc(C4=CCC=CC=CCN=C4)ccc3ncc21. The van der Waals surface area contributed by atoms with Crippen LogP contribution in [0.15, 0.2) is 88.8 Å². The Morgan fingerprint density at radius 1 is 1.06 bits per heavy atom. The van der Waals surface area contributed by atoms with Crippen LogP contribution in [-0.4, -0.2) is 26.9 Å². The van der Waals surface area contributed by atoms with E-state index in [1.54, 1.807) is 22.4 Å². The number of rotatable bonds is 3. The van der Waals surface area contributed by atoms with Gasteiger partial charge in [-0.25, -0.2) is 4.79 Å². The van der Waals surface area contributed by atoms with Crippen LogP contribution in [-0.2, 0) is 12.5 Å². The number of nitrogens with zero attached hydrogens (tertiary/aromatic N) is 5. The number of fused-ring (bicyclic) bond motifs is 3. The third-order valence-electron chi connectivity index (χ3n) is 6.64. The van der Waals surface area contributed by atoms with E-state index in [2.05, 4.69) is 40.3 Å². The van der Waals surface area contributed by atoms with Crippen LogP contribution >= 0.6 is 0 Å². The van der Waals surface area contributed by atoms with Crippen molar-refractivity contribution >= 4 is 33.7 Å². The Hall–Kier alpha value is -4.50. The molecule has 0 saturated carbocycles. The molecule has 6 heteroatoms. The van der Waals surface area contributed by atoms with E-state index in [1.807, 2.05) is 68.6 Å². The predicted molar refractivity (Wildman–Crippen MR) is 147 cm³/mol. The zero-order valence-corrected chi connectivity index (χ0v) is 20.6. The van der Waals surface area contributed by atoms with Gasteiger partial charge in [0.05, 0.1) is 46.5 Å². The zero-order chi connectivity index (χ0) is 25.3. The molecule has 3 heterocycles. The minimum Gasteiger partial charge on any atom is -0.293 e. The Bertz CT molecular complexity index is 1690. The Kier molecular flexibility index (Phi) is 5.99. The molecule has 0 saturated heterocycles. The van der Waals surface area contributed by atoms with Crippen LogP contribution < -0.4 is 5.69 Å². The number of aromatic nitrogens is 3. The Morgan fingerprint density at radius 2 is 1.83 bits per heavy atom. The molecule has 5 rings (SSSR count). The maximum Gasteiger partial charge on any atom is 0.333 e. The summed E-state index contributed by atoms with van der Waals surface area (Å²) < 4.78 is 3.36. The molecule has 0 N–H and O–H groups in total. The fourth-order valence-electron chi connectivity index (χ4n) is 4.46. The number of aliphatic imine (C=N–C) groups is 1. The first-order valence-electron chi connectivity index (χ1n) is 11.9. The molecule has 0 radical (unpaired) electrons. The highest BCUT2D eigenvalue weighted by Crippen LogP contribution is 2.29. The molecular weight excluding hydrogens is 446 g/mol. The van der Waals surface area contributed by atoms with Crippen molar-refractivity contribution in [2.45, 2.75) is 25.7 Å². The number of pyridine rings is 1. The normalized spacial score (nSPS) is 14.2. The van der Waals surface area contributed by atoms with E-state index < -0.39 is 5.41 Å². The molecular formula is C30H27N5O. The molecule has 0 amide bonds. The van der Waals surface area contributed by atoms with Gasteiger partial charge < -0.3 is 0 Å². The van der Waals surface area contributed by atoms with Gasteiger partial charge in [0.1, 0.15) is 0 Å². The summed E-state index contributed by atoms with van der Waals surface area (Å²) in [6.07, 6.45) is 14.8. The van der Waals surface area contributed by atoms with Crippen molar-refractivity contribution in [2.24, 2.45) is 12.0 Å². The summed E-state index contributed by atoms with van der Waals surface area (Å²) >= 11 is 0. The van der Waals surface area contributed by atoms with Crippen molar-refractivity contribution in [3.8, 4) is 11.8 Å². The van der Waals surface area contributed by atoms with Crippen LogP contribution in [0.5, 0.6) is 0 Å². The molecule has 6 nitrogen and oxygen atoms in total.